The third kappa shape index (κ3) is 5.80. The van der Waals surface area contributed by atoms with Crippen LogP contribution in [0.25, 0.3) is 0 Å². The van der Waals surface area contributed by atoms with Crippen LogP contribution in [0.4, 0.5) is 11.4 Å². The monoisotopic (exact) mass is 486 g/mol. The van der Waals surface area contributed by atoms with Crippen LogP contribution >= 0.6 is 11.8 Å². The average Bonchev–Trinajstić information content (AvgIpc) is 2.83. The van der Waals surface area contributed by atoms with Gasteiger partial charge >= 0.3 is 0 Å². The number of rotatable bonds is 9. The number of sulfonamides is 1. The van der Waals surface area contributed by atoms with Crippen LogP contribution in [-0.2, 0) is 14.8 Å². The highest BCUT2D eigenvalue weighted by Crippen LogP contribution is 2.30. The third-order valence-electron chi connectivity index (χ3n) is 4.92. The lowest BCUT2D eigenvalue weighted by molar-refractivity contribution is -0.114. The second-order valence-corrected chi connectivity index (χ2v) is 9.88. The molecule has 0 aliphatic heterocycles. The lowest BCUT2D eigenvalue weighted by Gasteiger charge is -2.24. The fraction of sp³-hybridized carbons (Fsp3) is 0.208. The maximum absolute atomic E-state index is 13.5. The highest BCUT2D eigenvalue weighted by atomic mass is 32.2. The van der Waals surface area contributed by atoms with E-state index < -0.39 is 22.5 Å². The van der Waals surface area contributed by atoms with E-state index in [1.807, 2.05) is 13.2 Å². The van der Waals surface area contributed by atoms with Gasteiger partial charge in [-0.1, -0.05) is 17.7 Å². The van der Waals surface area contributed by atoms with Gasteiger partial charge in [-0.15, -0.1) is 11.8 Å². The molecule has 0 atom stereocenters. The molecule has 0 aromatic heterocycles. The minimum atomic E-state index is -3.98. The highest BCUT2D eigenvalue weighted by molar-refractivity contribution is 7.98. The molecule has 0 saturated carbocycles. The van der Waals surface area contributed by atoms with Gasteiger partial charge in [0.25, 0.3) is 10.0 Å². The summed E-state index contributed by atoms with van der Waals surface area (Å²) in [6, 6.07) is 18.5. The lowest BCUT2D eigenvalue weighted by Crippen LogP contribution is -2.38. The summed E-state index contributed by atoms with van der Waals surface area (Å²) in [4.78, 5) is 14.0. The molecule has 7 nitrogen and oxygen atoms in total. The summed E-state index contributed by atoms with van der Waals surface area (Å²) in [6.07, 6.45) is 1.92. The van der Waals surface area contributed by atoms with Crippen LogP contribution in [0.1, 0.15) is 5.56 Å². The average molecular weight is 487 g/mol. The standard InChI is InChI=1S/C24H26N2O5S2/c1-17-5-8-19(9-6-17)26(33(28,29)21-12-10-20(32-4)11-13-21)16-24(27)25-18-7-14-22(30-2)23(15-18)31-3/h5-15H,16H2,1-4H3,(H,25,27). The van der Waals surface area contributed by atoms with E-state index in [-0.39, 0.29) is 4.90 Å². The molecule has 0 aliphatic carbocycles. The van der Waals surface area contributed by atoms with Crippen molar-refractivity contribution >= 4 is 39.1 Å². The number of anilines is 2. The highest BCUT2D eigenvalue weighted by Gasteiger charge is 2.27. The van der Waals surface area contributed by atoms with Gasteiger partial charge < -0.3 is 14.8 Å². The van der Waals surface area contributed by atoms with Crippen LogP contribution in [0, 0.1) is 6.92 Å². The number of ether oxygens (including phenoxy) is 2. The molecule has 33 heavy (non-hydrogen) atoms. The Kier molecular flexibility index (Phi) is 7.88. The van der Waals surface area contributed by atoms with Gasteiger partial charge in [-0.3, -0.25) is 9.10 Å². The zero-order valence-electron chi connectivity index (χ0n) is 18.9. The zero-order chi connectivity index (χ0) is 24.0. The van der Waals surface area contributed by atoms with Crippen molar-refractivity contribution in [1.29, 1.82) is 0 Å². The van der Waals surface area contributed by atoms with E-state index in [4.69, 9.17) is 9.47 Å². The third-order valence-corrected chi connectivity index (χ3v) is 7.46. The Labute approximate surface area is 198 Å². The molecule has 0 saturated heterocycles. The van der Waals surface area contributed by atoms with Crippen molar-refractivity contribution in [2.24, 2.45) is 0 Å². The van der Waals surface area contributed by atoms with Gasteiger partial charge in [0.15, 0.2) is 11.5 Å². The maximum Gasteiger partial charge on any atom is 0.264 e. The molecule has 0 unspecified atom stereocenters. The van der Waals surface area contributed by atoms with Crippen LogP contribution < -0.4 is 19.1 Å². The van der Waals surface area contributed by atoms with Gasteiger partial charge in [0, 0.05) is 16.6 Å². The van der Waals surface area contributed by atoms with Crippen molar-refractivity contribution in [2.45, 2.75) is 16.7 Å². The number of hydrogen-bond acceptors (Lipinski definition) is 6. The predicted octanol–water partition coefficient (Wildman–Crippen LogP) is 4.57. The largest absolute Gasteiger partial charge is 0.493 e. The van der Waals surface area contributed by atoms with Crippen molar-refractivity contribution in [1.82, 2.24) is 0 Å². The lowest BCUT2D eigenvalue weighted by atomic mass is 10.2. The summed E-state index contributed by atoms with van der Waals surface area (Å²) in [5.41, 5.74) is 1.84. The number of nitrogens with one attached hydrogen (secondary N) is 1. The van der Waals surface area contributed by atoms with E-state index in [0.717, 1.165) is 14.8 Å². The summed E-state index contributed by atoms with van der Waals surface area (Å²) in [6.45, 7) is 1.51. The number of aryl methyl sites for hydroxylation is 1. The van der Waals surface area contributed by atoms with Crippen molar-refractivity contribution in [3.05, 3.63) is 72.3 Å². The molecule has 174 valence electrons. The Hall–Kier alpha value is -3.17. The van der Waals surface area contributed by atoms with E-state index in [1.54, 1.807) is 66.7 Å². The van der Waals surface area contributed by atoms with Gasteiger partial charge in [0.05, 0.1) is 24.8 Å². The zero-order valence-corrected chi connectivity index (χ0v) is 20.5. The number of carbonyl (C=O) groups excluding carboxylic acids is 1. The number of hydrogen-bond donors (Lipinski definition) is 1. The second kappa shape index (κ2) is 10.6. The van der Waals surface area contributed by atoms with Crippen LogP contribution in [0.15, 0.2) is 76.5 Å². The second-order valence-electron chi connectivity index (χ2n) is 7.14. The quantitative estimate of drug-likeness (QED) is 0.446. The SMILES string of the molecule is COc1ccc(NC(=O)CN(c2ccc(C)cc2)S(=O)(=O)c2ccc(SC)cc2)cc1OC. The molecule has 1 N–H and O–H groups in total. The predicted molar refractivity (Wildman–Crippen MR) is 132 cm³/mol. The van der Waals surface area contributed by atoms with Crippen LogP contribution in [0.2, 0.25) is 0 Å². The van der Waals surface area contributed by atoms with Gasteiger partial charge in [0.2, 0.25) is 5.91 Å². The van der Waals surface area contributed by atoms with Crippen molar-refractivity contribution in [3.63, 3.8) is 0 Å². The van der Waals surface area contributed by atoms with Crippen molar-refractivity contribution in [2.75, 3.05) is 36.6 Å². The minimum Gasteiger partial charge on any atom is -0.493 e. The smallest absolute Gasteiger partial charge is 0.264 e. The van der Waals surface area contributed by atoms with E-state index >= 15 is 0 Å². The Morgan fingerprint density at radius 2 is 1.58 bits per heavy atom. The fourth-order valence-corrected chi connectivity index (χ4v) is 4.98. The number of carbonyl (C=O) groups is 1. The van der Waals surface area contributed by atoms with Crippen LogP contribution in [0.5, 0.6) is 11.5 Å². The van der Waals surface area contributed by atoms with E-state index in [9.17, 15) is 13.2 Å². The summed E-state index contributed by atoms with van der Waals surface area (Å²) in [7, 11) is -0.967. The van der Waals surface area contributed by atoms with Gasteiger partial charge in [-0.05, 0) is 61.7 Å². The number of thioether (sulfide) groups is 1. The van der Waals surface area contributed by atoms with Gasteiger partial charge in [0.1, 0.15) is 6.54 Å². The molecule has 0 spiro atoms. The normalized spacial score (nSPS) is 11.0. The van der Waals surface area contributed by atoms with Crippen LogP contribution in [0.3, 0.4) is 0 Å². The number of benzene rings is 3. The maximum atomic E-state index is 13.5. The number of nitrogens with zero attached hydrogens (tertiary/aromatic N) is 1. The van der Waals surface area contributed by atoms with Crippen molar-refractivity contribution in [3.8, 4) is 11.5 Å². The molecule has 1 amide bonds. The fourth-order valence-electron chi connectivity index (χ4n) is 3.15. The molecular formula is C24H26N2O5S2. The van der Waals surface area contributed by atoms with E-state index in [2.05, 4.69) is 5.32 Å². The topological polar surface area (TPSA) is 84.9 Å². The molecular weight excluding hydrogens is 460 g/mol. The Morgan fingerprint density at radius 3 is 2.15 bits per heavy atom. The van der Waals surface area contributed by atoms with E-state index in [1.165, 1.54) is 26.0 Å². The Morgan fingerprint density at radius 1 is 0.939 bits per heavy atom. The number of methoxy groups -OCH3 is 2. The molecule has 0 heterocycles. The van der Waals surface area contributed by atoms with Crippen LogP contribution in [-0.4, -0.2) is 41.3 Å². The Balaban J connectivity index is 1.91. The first-order valence-electron chi connectivity index (χ1n) is 10.0. The minimum absolute atomic E-state index is 0.111. The van der Waals surface area contributed by atoms with Gasteiger partial charge in [-0.2, -0.15) is 0 Å². The summed E-state index contributed by atoms with van der Waals surface area (Å²) in [5.74, 6) is 0.479. The van der Waals surface area contributed by atoms with Crippen molar-refractivity contribution < 1.29 is 22.7 Å². The molecule has 3 aromatic rings. The summed E-state index contributed by atoms with van der Waals surface area (Å²) < 4.78 is 38.6. The first kappa shape index (κ1) is 24.5. The molecule has 0 bridgehead atoms. The molecule has 9 heteroatoms. The molecule has 3 rings (SSSR count). The summed E-state index contributed by atoms with van der Waals surface area (Å²) >= 11 is 1.52. The molecule has 0 radical (unpaired) electrons. The first-order chi connectivity index (χ1) is 15.8. The first-order valence-corrected chi connectivity index (χ1v) is 12.7. The summed E-state index contributed by atoms with van der Waals surface area (Å²) in [5, 5.41) is 2.74. The van der Waals surface area contributed by atoms with E-state index in [0.29, 0.717) is 22.9 Å². The molecule has 3 aromatic carbocycles. The van der Waals surface area contributed by atoms with Gasteiger partial charge in [-0.25, -0.2) is 8.42 Å². The Bertz CT molecular complexity index is 1210. The molecule has 0 aliphatic rings. The number of amides is 1. The molecule has 0 fully saturated rings.